The summed E-state index contributed by atoms with van der Waals surface area (Å²) in [7, 11) is 0. The highest BCUT2D eigenvalue weighted by Crippen LogP contribution is 2.35. The predicted octanol–water partition coefficient (Wildman–Crippen LogP) is 5.36. The molecule has 0 saturated heterocycles. The summed E-state index contributed by atoms with van der Waals surface area (Å²) < 4.78 is 2.62. The minimum absolute atomic E-state index is 0.582. The van der Waals surface area contributed by atoms with Crippen molar-refractivity contribution in [1.29, 1.82) is 0 Å². The zero-order valence-corrected chi connectivity index (χ0v) is 17.2. The van der Waals surface area contributed by atoms with Crippen molar-refractivity contribution in [2.75, 3.05) is 6.54 Å². The number of hydrogen-bond acceptors (Lipinski definition) is 3. The van der Waals surface area contributed by atoms with Crippen molar-refractivity contribution in [2.24, 2.45) is 4.99 Å². The van der Waals surface area contributed by atoms with Gasteiger partial charge in [-0.1, -0.05) is 51.4 Å². The van der Waals surface area contributed by atoms with E-state index in [1.807, 2.05) is 11.3 Å². The van der Waals surface area contributed by atoms with Gasteiger partial charge in [-0.05, 0) is 38.5 Å². The van der Waals surface area contributed by atoms with E-state index in [2.05, 4.69) is 15.3 Å². The van der Waals surface area contributed by atoms with Gasteiger partial charge in [-0.25, -0.2) is 0 Å². The lowest BCUT2D eigenvalue weighted by molar-refractivity contribution is 0.459. The summed E-state index contributed by atoms with van der Waals surface area (Å²) >= 11 is 1.90. The van der Waals surface area contributed by atoms with E-state index >= 15 is 0 Å². The summed E-state index contributed by atoms with van der Waals surface area (Å²) in [5.41, 5.74) is 1.53. The summed E-state index contributed by atoms with van der Waals surface area (Å²) in [5.74, 6) is 0. The van der Waals surface area contributed by atoms with Gasteiger partial charge in [0.1, 0.15) is 0 Å². The van der Waals surface area contributed by atoms with Gasteiger partial charge in [0.05, 0.1) is 6.04 Å². The molecule has 4 heteroatoms. The van der Waals surface area contributed by atoms with E-state index in [0.717, 1.165) is 18.6 Å². The van der Waals surface area contributed by atoms with Crippen molar-refractivity contribution in [2.45, 2.75) is 114 Å². The number of nitrogens with one attached hydrogen (secondary N) is 1. The van der Waals surface area contributed by atoms with Crippen LogP contribution in [0.5, 0.6) is 0 Å². The van der Waals surface area contributed by atoms with Gasteiger partial charge in [-0.3, -0.25) is 4.99 Å². The van der Waals surface area contributed by atoms with Crippen LogP contribution in [0, 0.1) is 0 Å². The Morgan fingerprint density at radius 3 is 2.19 bits per heavy atom. The molecule has 3 saturated carbocycles. The molecule has 26 heavy (non-hydrogen) atoms. The van der Waals surface area contributed by atoms with E-state index in [0.29, 0.717) is 6.04 Å². The Morgan fingerprint density at radius 1 is 0.885 bits per heavy atom. The summed E-state index contributed by atoms with van der Waals surface area (Å²) in [4.78, 5) is 6.55. The van der Waals surface area contributed by atoms with Crippen LogP contribution < -0.4 is 10.1 Å². The van der Waals surface area contributed by atoms with E-state index in [-0.39, 0.29) is 0 Å². The number of thiazole rings is 1. The molecule has 0 unspecified atom stereocenters. The molecule has 1 aromatic heterocycles. The smallest absolute Gasteiger partial charge is 0.185 e. The van der Waals surface area contributed by atoms with Gasteiger partial charge in [0.15, 0.2) is 4.80 Å². The van der Waals surface area contributed by atoms with E-state index in [1.165, 1.54) is 107 Å². The summed E-state index contributed by atoms with van der Waals surface area (Å²) in [5, 5.41) is 6.26. The van der Waals surface area contributed by atoms with Crippen molar-refractivity contribution in [3.05, 3.63) is 15.9 Å². The third kappa shape index (κ3) is 5.22. The molecule has 0 amide bonds. The zero-order chi connectivity index (χ0) is 17.6. The zero-order valence-electron chi connectivity index (χ0n) is 16.4. The quantitative estimate of drug-likeness (QED) is 0.666. The lowest BCUT2D eigenvalue weighted by Gasteiger charge is -2.16. The summed E-state index contributed by atoms with van der Waals surface area (Å²) in [6.45, 7) is 1.14. The minimum atomic E-state index is 0.582. The third-order valence-electron chi connectivity index (χ3n) is 6.51. The fourth-order valence-corrected chi connectivity index (χ4v) is 5.85. The molecule has 0 radical (unpaired) electrons. The largest absolute Gasteiger partial charge is 0.318 e. The predicted molar refractivity (Wildman–Crippen MR) is 111 cm³/mol. The molecule has 0 bridgehead atoms. The van der Waals surface area contributed by atoms with Crippen molar-refractivity contribution in [3.8, 4) is 0 Å². The monoisotopic (exact) mass is 375 g/mol. The lowest BCUT2D eigenvalue weighted by Crippen LogP contribution is -2.31. The molecule has 4 rings (SSSR count). The molecule has 1 N–H and O–H groups in total. The molecule has 3 fully saturated rings. The van der Waals surface area contributed by atoms with Crippen LogP contribution in [-0.2, 0) is 6.42 Å². The molecule has 0 aliphatic heterocycles. The van der Waals surface area contributed by atoms with Gasteiger partial charge in [-0.15, -0.1) is 11.3 Å². The molecular formula is C22H37N3S. The van der Waals surface area contributed by atoms with Gasteiger partial charge in [-0.2, -0.15) is 0 Å². The van der Waals surface area contributed by atoms with Crippen LogP contribution >= 0.6 is 11.3 Å². The molecule has 3 aliphatic carbocycles. The maximum Gasteiger partial charge on any atom is 0.185 e. The van der Waals surface area contributed by atoms with E-state index in [1.54, 1.807) is 0 Å². The average molecular weight is 376 g/mol. The van der Waals surface area contributed by atoms with E-state index in [4.69, 9.17) is 4.99 Å². The Bertz CT molecular complexity index is 597. The Hall–Kier alpha value is -0.610. The maximum absolute atomic E-state index is 5.23. The van der Waals surface area contributed by atoms with Crippen LogP contribution in [0.1, 0.15) is 102 Å². The molecule has 3 nitrogen and oxygen atoms in total. The topological polar surface area (TPSA) is 29.3 Å². The Morgan fingerprint density at radius 2 is 1.54 bits per heavy atom. The molecule has 0 atom stereocenters. The summed E-state index contributed by atoms with van der Waals surface area (Å²) in [6.07, 6.45) is 20.6. The maximum atomic E-state index is 5.23. The highest BCUT2D eigenvalue weighted by molar-refractivity contribution is 7.07. The van der Waals surface area contributed by atoms with Gasteiger partial charge in [0.25, 0.3) is 0 Å². The SMILES string of the molecule is c1sc(=NC2CCCCCC2)n(C2CC2)c1CCNC1CCCCCC1. The first-order chi connectivity index (χ1) is 12.9. The normalized spacial score (nSPS) is 24.5. The molecular weight excluding hydrogens is 338 g/mol. The molecule has 3 aliphatic rings. The first-order valence-electron chi connectivity index (χ1n) is 11.4. The Balaban J connectivity index is 1.39. The first-order valence-corrected chi connectivity index (χ1v) is 12.2. The highest BCUT2D eigenvalue weighted by atomic mass is 32.1. The molecule has 1 heterocycles. The minimum Gasteiger partial charge on any atom is -0.318 e. The van der Waals surface area contributed by atoms with E-state index in [9.17, 15) is 0 Å². The second-order valence-electron chi connectivity index (χ2n) is 8.78. The lowest BCUT2D eigenvalue weighted by atomic mass is 10.1. The second-order valence-corrected chi connectivity index (χ2v) is 9.61. The summed E-state index contributed by atoms with van der Waals surface area (Å²) in [6, 6.07) is 2.09. The average Bonchev–Trinajstić information content (AvgIpc) is 3.46. The van der Waals surface area contributed by atoms with Gasteiger partial charge < -0.3 is 9.88 Å². The van der Waals surface area contributed by atoms with Crippen molar-refractivity contribution in [1.82, 2.24) is 9.88 Å². The third-order valence-corrected chi connectivity index (χ3v) is 7.42. The molecule has 0 aromatic carbocycles. The van der Waals surface area contributed by atoms with Gasteiger partial charge in [0.2, 0.25) is 0 Å². The van der Waals surface area contributed by atoms with Crippen LogP contribution in [0.3, 0.4) is 0 Å². The molecule has 0 spiro atoms. The van der Waals surface area contributed by atoms with Crippen molar-refractivity contribution >= 4 is 11.3 Å². The van der Waals surface area contributed by atoms with Gasteiger partial charge >= 0.3 is 0 Å². The number of rotatable bonds is 6. The molecule has 146 valence electrons. The number of hydrogen-bond donors (Lipinski definition) is 1. The number of aromatic nitrogens is 1. The number of nitrogens with zero attached hydrogens (tertiary/aromatic N) is 2. The fourth-order valence-electron chi connectivity index (χ4n) is 4.78. The van der Waals surface area contributed by atoms with Gasteiger partial charge in [0, 0.05) is 36.1 Å². The Kier molecular flexibility index (Phi) is 6.88. The van der Waals surface area contributed by atoms with E-state index < -0.39 is 0 Å². The van der Waals surface area contributed by atoms with Crippen molar-refractivity contribution in [3.63, 3.8) is 0 Å². The van der Waals surface area contributed by atoms with Crippen LogP contribution in [0.2, 0.25) is 0 Å². The standard InChI is InChI=1S/C22H37N3S/c1-2-6-10-18(9-5-1)23-16-15-21-17-26-22(25(21)20-13-14-20)24-19-11-7-3-4-8-12-19/h17-20,23H,1-16H2. The molecule has 1 aromatic rings. The van der Waals surface area contributed by atoms with Crippen molar-refractivity contribution < 1.29 is 0 Å². The Labute approximate surface area is 163 Å². The van der Waals surface area contributed by atoms with Crippen LogP contribution in [0.15, 0.2) is 10.4 Å². The van der Waals surface area contributed by atoms with Crippen LogP contribution in [0.25, 0.3) is 0 Å². The second kappa shape index (κ2) is 9.54. The highest BCUT2D eigenvalue weighted by Gasteiger charge is 2.27. The van der Waals surface area contributed by atoms with Crippen LogP contribution in [0.4, 0.5) is 0 Å². The first kappa shape index (κ1) is 18.7. The van der Waals surface area contributed by atoms with Crippen LogP contribution in [-0.4, -0.2) is 23.2 Å². The fraction of sp³-hybridized carbons (Fsp3) is 0.864.